The van der Waals surface area contributed by atoms with Gasteiger partial charge in [-0.05, 0) is 33.6 Å². The molecule has 0 aliphatic heterocycles. The van der Waals surface area contributed by atoms with Gasteiger partial charge in [0.2, 0.25) is 0 Å². The number of carbonyl (C=O) groups is 2. The lowest BCUT2D eigenvalue weighted by molar-refractivity contribution is -0.334. The summed E-state index contributed by atoms with van der Waals surface area (Å²) in [4.78, 5) is 23.5. The molecule has 6 nitrogen and oxygen atoms in total. The molecule has 128 valence electrons. The minimum absolute atomic E-state index is 0.00671. The Kier molecular flexibility index (Phi) is 6.81. The van der Waals surface area contributed by atoms with Crippen molar-refractivity contribution in [2.24, 2.45) is 11.3 Å². The van der Waals surface area contributed by atoms with Crippen LogP contribution in [0.1, 0.15) is 59.8 Å². The number of hydrogen-bond donors (Lipinski definition) is 1. The molecular formula is C16H28O6. The van der Waals surface area contributed by atoms with E-state index in [2.05, 4.69) is 0 Å². The summed E-state index contributed by atoms with van der Waals surface area (Å²) in [5, 5.41) is 9.93. The van der Waals surface area contributed by atoms with Gasteiger partial charge in [0, 0.05) is 6.92 Å². The van der Waals surface area contributed by atoms with Crippen LogP contribution in [-0.2, 0) is 23.8 Å². The molecule has 1 saturated carbocycles. The molecule has 1 N–H and O–H groups in total. The summed E-state index contributed by atoms with van der Waals surface area (Å²) in [7, 11) is 0. The zero-order valence-corrected chi connectivity index (χ0v) is 14.0. The smallest absolute Gasteiger partial charge is 0.323 e. The molecule has 1 fully saturated rings. The third kappa shape index (κ3) is 6.75. The highest BCUT2D eigenvalue weighted by atomic mass is 16.8. The molecule has 0 spiro atoms. The molecule has 1 aliphatic rings. The molecule has 0 bridgehead atoms. The predicted molar refractivity (Wildman–Crippen MR) is 79.7 cm³/mol. The Hall–Kier alpha value is -1.14. The molecule has 0 aromatic carbocycles. The number of hydrogen-bond acceptors (Lipinski definition) is 6. The quantitative estimate of drug-likeness (QED) is 0.460. The van der Waals surface area contributed by atoms with E-state index in [1.807, 2.05) is 0 Å². The number of ether oxygens (including phenoxy) is 3. The Morgan fingerprint density at radius 2 is 1.64 bits per heavy atom. The van der Waals surface area contributed by atoms with E-state index in [1.165, 1.54) is 6.92 Å². The molecule has 22 heavy (non-hydrogen) atoms. The zero-order chi connectivity index (χ0) is 16.8. The summed E-state index contributed by atoms with van der Waals surface area (Å²) in [5.74, 6) is -2.95. The van der Waals surface area contributed by atoms with Crippen LogP contribution in [0.4, 0.5) is 0 Å². The van der Waals surface area contributed by atoms with Crippen LogP contribution in [0, 0.1) is 11.3 Å². The maximum Gasteiger partial charge on any atom is 0.323 e. The lowest BCUT2D eigenvalue weighted by Crippen LogP contribution is -2.38. The molecule has 1 atom stereocenters. The highest BCUT2D eigenvalue weighted by molar-refractivity contribution is 5.75. The minimum atomic E-state index is -2.00. The molecular weight excluding hydrogens is 288 g/mol. The standard InChI is InChI=1S/C16H28O6/c1-15(2,3)14(18)20-10-11-21-16(4,19)22-13(17)12-8-6-5-7-9-12/h12,19H,5-11H2,1-4H3. The lowest BCUT2D eigenvalue weighted by Gasteiger charge is -2.27. The van der Waals surface area contributed by atoms with Crippen LogP contribution in [0.5, 0.6) is 0 Å². The van der Waals surface area contributed by atoms with Crippen LogP contribution >= 0.6 is 0 Å². The van der Waals surface area contributed by atoms with Gasteiger partial charge >= 0.3 is 17.9 Å². The van der Waals surface area contributed by atoms with E-state index in [4.69, 9.17) is 14.2 Å². The fourth-order valence-corrected chi connectivity index (χ4v) is 2.22. The molecule has 6 heteroatoms. The topological polar surface area (TPSA) is 82.1 Å². The zero-order valence-electron chi connectivity index (χ0n) is 14.0. The van der Waals surface area contributed by atoms with Gasteiger partial charge in [-0.3, -0.25) is 9.59 Å². The number of rotatable bonds is 6. The highest BCUT2D eigenvalue weighted by Crippen LogP contribution is 2.26. The second kappa shape index (κ2) is 7.92. The van der Waals surface area contributed by atoms with E-state index in [0.29, 0.717) is 0 Å². The van der Waals surface area contributed by atoms with Crippen LogP contribution in [0.25, 0.3) is 0 Å². The average Bonchev–Trinajstić information content (AvgIpc) is 2.42. The third-order valence-electron chi connectivity index (χ3n) is 3.53. The molecule has 0 radical (unpaired) electrons. The van der Waals surface area contributed by atoms with Gasteiger partial charge in [-0.15, -0.1) is 0 Å². The lowest BCUT2D eigenvalue weighted by atomic mass is 9.89. The molecule has 0 heterocycles. The number of aliphatic hydroxyl groups is 1. The van der Waals surface area contributed by atoms with Crippen LogP contribution in [-0.4, -0.2) is 36.2 Å². The van der Waals surface area contributed by atoms with Crippen molar-refractivity contribution in [2.45, 2.75) is 65.8 Å². The monoisotopic (exact) mass is 316 g/mol. The summed E-state index contributed by atoms with van der Waals surface area (Å²) >= 11 is 0. The minimum Gasteiger partial charge on any atom is -0.463 e. The van der Waals surface area contributed by atoms with Crippen molar-refractivity contribution in [1.29, 1.82) is 0 Å². The van der Waals surface area contributed by atoms with Crippen molar-refractivity contribution in [3.63, 3.8) is 0 Å². The molecule has 1 aliphatic carbocycles. The Balaban J connectivity index is 2.28. The largest absolute Gasteiger partial charge is 0.463 e. The van der Waals surface area contributed by atoms with E-state index < -0.39 is 17.4 Å². The number of esters is 2. The van der Waals surface area contributed by atoms with Gasteiger partial charge in [-0.25, -0.2) is 0 Å². The van der Waals surface area contributed by atoms with Gasteiger partial charge in [0.05, 0.1) is 17.9 Å². The Labute approximate surface area is 132 Å². The summed E-state index contributed by atoms with van der Waals surface area (Å²) in [6.07, 6.45) is 4.73. The summed E-state index contributed by atoms with van der Waals surface area (Å²) < 4.78 is 15.1. The van der Waals surface area contributed by atoms with Crippen molar-refractivity contribution < 1.29 is 28.9 Å². The van der Waals surface area contributed by atoms with Crippen molar-refractivity contribution >= 4 is 11.9 Å². The third-order valence-corrected chi connectivity index (χ3v) is 3.53. The predicted octanol–water partition coefficient (Wildman–Crippen LogP) is 2.38. The first kappa shape index (κ1) is 18.9. The van der Waals surface area contributed by atoms with Gasteiger partial charge in [-0.2, -0.15) is 0 Å². The highest BCUT2D eigenvalue weighted by Gasteiger charge is 2.32. The van der Waals surface area contributed by atoms with E-state index in [-0.39, 0.29) is 25.1 Å². The van der Waals surface area contributed by atoms with Crippen LogP contribution in [0.2, 0.25) is 0 Å². The Morgan fingerprint density at radius 3 is 2.18 bits per heavy atom. The fourth-order valence-electron chi connectivity index (χ4n) is 2.22. The molecule has 0 saturated heterocycles. The second-order valence-electron chi connectivity index (χ2n) is 6.89. The summed E-state index contributed by atoms with van der Waals surface area (Å²) in [6, 6.07) is 0. The first-order valence-electron chi connectivity index (χ1n) is 7.88. The Bertz CT molecular complexity index is 377. The molecule has 0 aromatic rings. The second-order valence-corrected chi connectivity index (χ2v) is 6.89. The molecule has 0 amide bonds. The summed E-state index contributed by atoms with van der Waals surface area (Å²) in [6.45, 7) is 6.45. The van der Waals surface area contributed by atoms with Crippen molar-refractivity contribution in [3.05, 3.63) is 0 Å². The first-order chi connectivity index (χ1) is 10.1. The molecule has 1 unspecified atom stereocenters. The SMILES string of the molecule is CC(O)(OCCOC(=O)C(C)(C)C)OC(=O)C1CCCCC1. The maximum absolute atomic E-state index is 11.9. The van der Waals surface area contributed by atoms with E-state index in [9.17, 15) is 14.7 Å². The van der Waals surface area contributed by atoms with Crippen molar-refractivity contribution in [1.82, 2.24) is 0 Å². The van der Waals surface area contributed by atoms with Gasteiger partial charge in [-0.1, -0.05) is 19.3 Å². The first-order valence-corrected chi connectivity index (χ1v) is 7.88. The van der Waals surface area contributed by atoms with E-state index in [0.717, 1.165) is 32.1 Å². The van der Waals surface area contributed by atoms with Gasteiger partial charge < -0.3 is 19.3 Å². The van der Waals surface area contributed by atoms with Gasteiger partial charge in [0.1, 0.15) is 6.61 Å². The van der Waals surface area contributed by atoms with Gasteiger partial charge in [0.25, 0.3) is 0 Å². The van der Waals surface area contributed by atoms with Crippen LogP contribution in [0.3, 0.4) is 0 Å². The molecule has 0 aromatic heterocycles. The van der Waals surface area contributed by atoms with Crippen molar-refractivity contribution in [3.8, 4) is 0 Å². The van der Waals surface area contributed by atoms with Gasteiger partial charge in [0.15, 0.2) is 0 Å². The Morgan fingerprint density at radius 1 is 1.05 bits per heavy atom. The van der Waals surface area contributed by atoms with Crippen LogP contribution in [0.15, 0.2) is 0 Å². The summed E-state index contributed by atoms with van der Waals surface area (Å²) in [5.41, 5.74) is -0.587. The van der Waals surface area contributed by atoms with Crippen molar-refractivity contribution in [2.75, 3.05) is 13.2 Å². The van der Waals surface area contributed by atoms with Crippen LogP contribution < -0.4 is 0 Å². The maximum atomic E-state index is 11.9. The molecule has 1 rings (SSSR count). The van der Waals surface area contributed by atoms with E-state index in [1.54, 1.807) is 20.8 Å². The van der Waals surface area contributed by atoms with E-state index >= 15 is 0 Å². The normalized spacial score (nSPS) is 19.3. The number of carbonyl (C=O) groups excluding carboxylic acids is 2. The fraction of sp³-hybridized carbons (Fsp3) is 0.875. The average molecular weight is 316 g/mol.